The highest BCUT2D eigenvalue weighted by Crippen LogP contribution is 2.30. The third-order valence-electron chi connectivity index (χ3n) is 2.36. The molecule has 0 unspecified atom stereocenters. The van der Waals surface area contributed by atoms with Crippen molar-refractivity contribution < 1.29 is 13.2 Å². The lowest BCUT2D eigenvalue weighted by molar-refractivity contribution is -0.144. The molecule has 0 bridgehead atoms. The van der Waals surface area contributed by atoms with Gasteiger partial charge < -0.3 is 11.1 Å². The Labute approximate surface area is 122 Å². The number of nitriles is 1. The van der Waals surface area contributed by atoms with Gasteiger partial charge in [-0.1, -0.05) is 11.6 Å². The van der Waals surface area contributed by atoms with E-state index in [9.17, 15) is 13.2 Å². The van der Waals surface area contributed by atoms with Crippen molar-refractivity contribution in [1.29, 1.82) is 5.26 Å². The fourth-order valence-electron chi connectivity index (χ4n) is 1.48. The lowest BCUT2D eigenvalue weighted by Crippen LogP contribution is -2.13. The molecule has 0 spiro atoms. The summed E-state index contributed by atoms with van der Waals surface area (Å²) in [5, 5.41) is 11.5. The molecule has 0 saturated heterocycles. The van der Waals surface area contributed by atoms with Gasteiger partial charge in [-0.05, 0) is 18.2 Å². The first-order valence-corrected chi connectivity index (χ1v) is 5.86. The first-order chi connectivity index (χ1) is 9.79. The Bertz CT molecular complexity index is 724. The molecule has 2 aromatic rings. The van der Waals surface area contributed by atoms with E-state index in [1.807, 2.05) is 6.07 Å². The summed E-state index contributed by atoms with van der Waals surface area (Å²) >= 11 is 5.92. The zero-order valence-electron chi connectivity index (χ0n) is 10.2. The summed E-state index contributed by atoms with van der Waals surface area (Å²) in [6.07, 6.45) is -4.71. The zero-order valence-corrected chi connectivity index (χ0v) is 11.0. The number of nitrogens with two attached hydrogens (primary N) is 1. The van der Waals surface area contributed by atoms with Gasteiger partial charge in [0.15, 0.2) is 0 Å². The predicted molar refractivity (Wildman–Crippen MR) is 70.9 cm³/mol. The first kappa shape index (κ1) is 14.9. The lowest BCUT2D eigenvalue weighted by Gasteiger charge is -2.11. The van der Waals surface area contributed by atoms with Gasteiger partial charge in [0.05, 0.1) is 22.3 Å². The zero-order chi connectivity index (χ0) is 15.6. The number of nitrogens with one attached hydrogen (secondary N) is 1. The van der Waals surface area contributed by atoms with Crippen LogP contribution in [-0.2, 0) is 6.18 Å². The molecule has 0 aliphatic heterocycles. The molecule has 1 aromatic carbocycles. The van der Waals surface area contributed by atoms with E-state index in [0.29, 0.717) is 11.3 Å². The number of benzene rings is 1. The predicted octanol–water partition coefficient (Wildman–Crippen LogP) is 3.35. The van der Waals surface area contributed by atoms with Gasteiger partial charge in [0, 0.05) is 6.07 Å². The molecule has 0 amide bonds. The van der Waals surface area contributed by atoms with Crippen LogP contribution in [0.1, 0.15) is 11.4 Å². The Balaban J connectivity index is 2.36. The number of alkyl halides is 3. The monoisotopic (exact) mass is 313 g/mol. The molecule has 0 aliphatic carbocycles. The second kappa shape index (κ2) is 5.46. The summed E-state index contributed by atoms with van der Waals surface area (Å²) in [6, 6.07) is 7.32. The fraction of sp³-hybridized carbons (Fsp3) is 0.0833. The van der Waals surface area contributed by atoms with Crippen molar-refractivity contribution in [2.75, 3.05) is 11.1 Å². The molecule has 3 N–H and O–H groups in total. The molecule has 2 rings (SSSR count). The van der Waals surface area contributed by atoms with Crippen LogP contribution in [0.25, 0.3) is 0 Å². The van der Waals surface area contributed by atoms with E-state index in [1.54, 1.807) is 0 Å². The van der Waals surface area contributed by atoms with E-state index >= 15 is 0 Å². The molecule has 9 heteroatoms. The van der Waals surface area contributed by atoms with Crippen LogP contribution in [-0.4, -0.2) is 9.97 Å². The van der Waals surface area contributed by atoms with Crippen molar-refractivity contribution in [2.45, 2.75) is 6.18 Å². The Morgan fingerprint density at radius 1 is 1.24 bits per heavy atom. The summed E-state index contributed by atoms with van der Waals surface area (Å²) in [4.78, 5) is 6.46. The van der Waals surface area contributed by atoms with Gasteiger partial charge in [0.2, 0.25) is 5.82 Å². The number of nitrogen functional groups attached to an aromatic ring is 1. The van der Waals surface area contributed by atoms with Crippen LogP contribution in [0.3, 0.4) is 0 Å². The molecule has 0 aliphatic rings. The highest BCUT2D eigenvalue weighted by Gasteiger charge is 2.35. The van der Waals surface area contributed by atoms with E-state index in [4.69, 9.17) is 22.6 Å². The molecule has 0 atom stereocenters. The van der Waals surface area contributed by atoms with Crippen molar-refractivity contribution in [1.82, 2.24) is 9.97 Å². The van der Waals surface area contributed by atoms with Crippen molar-refractivity contribution in [3.63, 3.8) is 0 Å². The van der Waals surface area contributed by atoms with E-state index in [2.05, 4.69) is 15.3 Å². The maximum absolute atomic E-state index is 12.6. The van der Waals surface area contributed by atoms with Crippen LogP contribution in [0.2, 0.25) is 5.02 Å². The van der Waals surface area contributed by atoms with Gasteiger partial charge in [0.1, 0.15) is 11.6 Å². The standard InChI is InChI=1S/C12H7ClF3N5/c13-7-3-6(5-17)1-2-8(7)19-10-4-9(18)20-11(21-10)12(14,15)16/h1-4H,(H3,18,19,20,21). The smallest absolute Gasteiger partial charge is 0.384 e. The first-order valence-electron chi connectivity index (χ1n) is 5.48. The molecular weight excluding hydrogens is 307 g/mol. The van der Waals surface area contributed by atoms with Crippen LogP contribution < -0.4 is 11.1 Å². The maximum atomic E-state index is 12.6. The van der Waals surface area contributed by atoms with Gasteiger partial charge in [-0.2, -0.15) is 18.4 Å². The van der Waals surface area contributed by atoms with E-state index in [1.165, 1.54) is 18.2 Å². The normalized spacial score (nSPS) is 11.0. The van der Waals surface area contributed by atoms with Crippen LogP contribution in [0.4, 0.5) is 30.5 Å². The molecule has 108 valence electrons. The van der Waals surface area contributed by atoms with E-state index in [0.717, 1.165) is 6.07 Å². The number of rotatable bonds is 2. The number of halogens is 4. The summed E-state index contributed by atoms with van der Waals surface area (Å²) in [7, 11) is 0. The van der Waals surface area contributed by atoms with Gasteiger partial charge >= 0.3 is 6.18 Å². The molecular formula is C12H7ClF3N5. The fourth-order valence-corrected chi connectivity index (χ4v) is 1.71. The Hall–Kier alpha value is -2.53. The number of anilines is 3. The lowest BCUT2D eigenvalue weighted by atomic mass is 10.2. The Morgan fingerprint density at radius 3 is 2.52 bits per heavy atom. The average Bonchev–Trinajstić information content (AvgIpc) is 2.39. The molecule has 1 heterocycles. The molecule has 0 radical (unpaired) electrons. The minimum atomic E-state index is -4.71. The van der Waals surface area contributed by atoms with Gasteiger partial charge in [-0.3, -0.25) is 0 Å². The van der Waals surface area contributed by atoms with Crippen molar-refractivity contribution in [3.05, 3.63) is 40.7 Å². The van der Waals surface area contributed by atoms with Crippen LogP contribution in [0, 0.1) is 11.3 Å². The van der Waals surface area contributed by atoms with Crippen LogP contribution >= 0.6 is 11.6 Å². The average molecular weight is 314 g/mol. The summed E-state index contributed by atoms with van der Waals surface area (Å²) < 4.78 is 37.8. The molecule has 21 heavy (non-hydrogen) atoms. The second-order valence-corrected chi connectivity index (χ2v) is 4.34. The van der Waals surface area contributed by atoms with Crippen molar-refractivity contribution >= 4 is 28.9 Å². The SMILES string of the molecule is N#Cc1ccc(Nc2cc(N)nc(C(F)(F)F)n2)c(Cl)c1. The largest absolute Gasteiger partial charge is 0.451 e. The topological polar surface area (TPSA) is 87.6 Å². The third kappa shape index (κ3) is 3.52. The van der Waals surface area contributed by atoms with Gasteiger partial charge in [0.25, 0.3) is 0 Å². The minimum absolute atomic E-state index is 0.151. The second-order valence-electron chi connectivity index (χ2n) is 3.93. The van der Waals surface area contributed by atoms with E-state index < -0.39 is 12.0 Å². The van der Waals surface area contributed by atoms with E-state index in [-0.39, 0.29) is 16.7 Å². The molecule has 0 fully saturated rings. The number of hydrogen-bond acceptors (Lipinski definition) is 5. The van der Waals surface area contributed by atoms with Crippen molar-refractivity contribution in [3.8, 4) is 6.07 Å². The summed E-state index contributed by atoms with van der Waals surface area (Å²) in [5.41, 5.74) is 5.94. The number of hydrogen-bond donors (Lipinski definition) is 2. The van der Waals surface area contributed by atoms with Crippen LogP contribution in [0.15, 0.2) is 24.3 Å². The minimum Gasteiger partial charge on any atom is -0.384 e. The number of aromatic nitrogens is 2. The maximum Gasteiger partial charge on any atom is 0.451 e. The van der Waals surface area contributed by atoms with Crippen LogP contribution in [0.5, 0.6) is 0 Å². The third-order valence-corrected chi connectivity index (χ3v) is 2.67. The van der Waals surface area contributed by atoms with Crippen molar-refractivity contribution in [2.24, 2.45) is 0 Å². The summed E-state index contributed by atoms with van der Waals surface area (Å²) in [6.45, 7) is 0. The highest BCUT2D eigenvalue weighted by molar-refractivity contribution is 6.33. The molecule has 0 saturated carbocycles. The van der Waals surface area contributed by atoms with Gasteiger partial charge in [-0.25, -0.2) is 9.97 Å². The number of nitrogens with zero attached hydrogens (tertiary/aromatic N) is 3. The quantitative estimate of drug-likeness (QED) is 0.887. The molecule has 5 nitrogen and oxygen atoms in total. The Kier molecular flexibility index (Phi) is 3.86. The molecule has 1 aromatic heterocycles. The van der Waals surface area contributed by atoms with Gasteiger partial charge in [-0.15, -0.1) is 0 Å². The Morgan fingerprint density at radius 2 is 1.95 bits per heavy atom. The highest BCUT2D eigenvalue weighted by atomic mass is 35.5. The summed E-state index contributed by atoms with van der Waals surface area (Å²) in [5.74, 6) is -1.83.